The molecule has 0 radical (unpaired) electrons. The standard InChI is InChI=1S/C16H21N3/c1-5-11-10-18-15(19-14(11)17)12-6-8-13(9-7-12)16(2,3)4/h6-10H,5H2,1-4H3,(H2,17,18,19). The fraction of sp³-hybridized carbons (Fsp3) is 0.375. The van der Waals surface area contributed by atoms with E-state index in [0.717, 1.165) is 17.5 Å². The summed E-state index contributed by atoms with van der Waals surface area (Å²) in [4.78, 5) is 8.75. The molecule has 1 aromatic heterocycles. The number of aryl methyl sites for hydroxylation is 1. The average molecular weight is 255 g/mol. The quantitative estimate of drug-likeness (QED) is 0.892. The van der Waals surface area contributed by atoms with Crippen molar-refractivity contribution in [2.75, 3.05) is 5.73 Å². The van der Waals surface area contributed by atoms with Crippen LogP contribution >= 0.6 is 0 Å². The molecule has 3 nitrogen and oxygen atoms in total. The molecule has 1 heterocycles. The van der Waals surface area contributed by atoms with E-state index in [1.54, 1.807) is 0 Å². The molecule has 0 saturated heterocycles. The van der Waals surface area contributed by atoms with Gasteiger partial charge in [-0.25, -0.2) is 9.97 Å². The van der Waals surface area contributed by atoms with Crippen molar-refractivity contribution in [1.29, 1.82) is 0 Å². The predicted octanol–water partition coefficient (Wildman–Crippen LogP) is 3.59. The lowest BCUT2D eigenvalue weighted by Gasteiger charge is -2.19. The molecule has 0 aliphatic heterocycles. The van der Waals surface area contributed by atoms with Gasteiger partial charge in [0.2, 0.25) is 0 Å². The normalized spacial score (nSPS) is 11.6. The smallest absolute Gasteiger partial charge is 0.161 e. The van der Waals surface area contributed by atoms with E-state index < -0.39 is 0 Å². The maximum absolute atomic E-state index is 5.92. The second kappa shape index (κ2) is 5.00. The largest absolute Gasteiger partial charge is 0.383 e. The van der Waals surface area contributed by atoms with Crippen LogP contribution < -0.4 is 5.73 Å². The van der Waals surface area contributed by atoms with Crippen LogP contribution in [0.2, 0.25) is 0 Å². The fourth-order valence-corrected chi connectivity index (χ4v) is 1.95. The van der Waals surface area contributed by atoms with Crippen LogP contribution in [-0.2, 0) is 11.8 Å². The number of hydrogen-bond acceptors (Lipinski definition) is 3. The Morgan fingerprint density at radius 1 is 1.11 bits per heavy atom. The minimum absolute atomic E-state index is 0.157. The van der Waals surface area contributed by atoms with Crippen LogP contribution in [0.1, 0.15) is 38.8 Å². The van der Waals surface area contributed by atoms with E-state index in [9.17, 15) is 0 Å². The molecule has 0 atom stereocenters. The summed E-state index contributed by atoms with van der Waals surface area (Å²) in [5, 5.41) is 0. The first-order valence-electron chi connectivity index (χ1n) is 6.64. The maximum Gasteiger partial charge on any atom is 0.161 e. The number of aromatic nitrogens is 2. The second-order valence-corrected chi connectivity index (χ2v) is 5.78. The van der Waals surface area contributed by atoms with Crippen molar-refractivity contribution in [2.45, 2.75) is 39.5 Å². The van der Waals surface area contributed by atoms with Gasteiger partial charge in [-0.3, -0.25) is 0 Å². The highest BCUT2D eigenvalue weighted by atomic mass is 14.9. The molecule has 19 heavy (non-hydrogen) atoms. The zero-order valence-electron chi connectivity index (χ0n) is 12.1. The summed E-state index contributed by atoms with van der Waals surface area (Å²) >= 11 is 0. The Labute approximate surface area is 114 Å². The van der Waals surface area contributed by atoms with E-state index >= 15 is 0 Å². The highest BCUT2D eigenvalue weighted by Gasteiger charge is 2.13. The third kappa shape index (κ3) is 2.92. The van der Waals surface area contributed by atoms with E-state index in [1.165, 1.54) is 5.56 Å². The van der Waals surface area contributed by atoms with Crippen LogP contribution in [-0.4, -0.2) is 9.97 Å². The summed E-state index contributed by atoms with van der Waals surface area (Å²) in [6.45, 7) is 8.65. The molecule has 100 valence electrons. The van der Waals surface area contributed by atoms with E-state index in [0.29, 0.717) is 11.6 Å². The summed E-state index contributed by atoms with van der Waals surface area (Å²) < 4.78 is 0. The van der Waals surface area contributed by atoms with Gasteiger partial charge in [-0.05, 0) is 17.4 Å². The summed E-state index contributed by atoms with van der Waals surface area (Å²) in [6, 6.07) is 8.37. The van der Waals surface area contributed by atoms with Gasteiger partial charge in [0.25, 0.3) is 0 Å². The molecule has 1 aromatic carbocycles. The average Bonchev–Trinajstić information content (AvgIpc) is 2.38. The van der Waals surface area contributed by atoms with Crippen molar-refractivity contribution in [1.82, 2.24) is 9.97 Å². The summed E-state index contributed by atoms with van der Waals surface area (Å²) in [5.41, 5.74) is 9.37. The Morgan fingerprint density at radius 2 is 1.74 bits per heavy atom. The zero-order chi connectivity index (χ0) is 14.0. The van der Waals surface area contributed by atoms with Crippen LogP contribution in [0, 0.1) is 0 Å². The topological polar surface area (TPSA) is 51.8 Å². The van der Waals surface area contributed by atoms with Gasteiger partial charge < -0.3 is 5.73 Å². The van der Waals surface area contributed by atoms with E-state index in [-0.39, 0.29) is 5.41 Å². The molecule has 0 fully saturated rings. The van der Waals surface area contributed by atoms with Crippen LogP contribution in [0.25, 0.3) is 11.4 Å². The lowest BCUT2D eigenvalue weighted by Crippen LogP contribution is -2.10. The monoisotopic (exact) mass is 255 g/mol. The number of nitrogens with zero attached hydrogens (tertiary/aromatic N) is 2. The zero-order valence-corrected chi connectivity index (χ0v) is 12.1. The van der Waals surface area contributed by atoms with E-state index in [4.69, 9.17) is 5.73 Å². The van der Waals surface area contributed by atoms with Gasteiger partial charge in [0.05, 0.1) is 0 Å². The predicted molar refractivity (Wildman–Crippen MR) is 80.0 cm³/mol. The summed E-state index contributed by atoms with van der Waals surface area (Å²) in [6.07, 6.45) is 2.67. The molecule has 2 N–H and O–H groups in total. The first kappa shape index (κ1) is 13.5. The minimum Gasteiger partial charge on any atom is -0.383 e. The molecule has 0 unspecified atom stereocenters. The Hall–Kier alpha value is -1.90. The highest BCUT2D eigenvalue weighted by molar-refractivity contribution is 5.58. The van der Waals surface area contributed by atoms with Crippen molar-refractivity contribution in [3.63, 3.8) is 0 Å². The lowest BCUT2D eigenvalue weighted by molar-refractivity contribution is 0.590. The minimum atomic E-state index is 0.157. The second-order valence-electron chi connectivity index (χ2n) is 5.78. The molecule has 2 rings (SSSR count). The Balaban J connectivity index is 2.35. The van der Waals surface area contributed by atoms with E-state index in [1.807, 2.05) is 13.1 Å². The van der Waals surface area contributed by atoms with Crippen LogP contribution in [0.15, 0.2) is 30.5 Å². The van der Waals surface area contributed by atoms with Crippen LogP contribution in [0.3, 0.4) is 0 Å². The van der Waals surface area contributed by atoms with Crippen LogP contribution in [0.5, 0.6) is 0 Å². The summed E-state index contributed by atoms with van der Waals surface area (Å²) in [7, 11) is 0. The van der Waals surface area contributed by atoms with Gasteiger partial charge in [-0.2, -0.15) is 0 Å². The molecule has 0 amide bonds. The number of benzene rings is 1. The third-order valence-corrected chi connectivity index (χ3v) is 3.29. The number of hydrogen-bond donors (Lipinski definition) is 1. The molecule has 2 aromatic rings. The van der Waals surface area contributed by atoms with Gasteiger partial charge in [0, 0.05) is 17.3 Å². The number of anilines is 1. The highest BCUT2D eigenvalue weighted by Crippen LogP contribution is 2.25. The van der Waals surface area contributed by atoms with Crippen molar-refractivity contribution in [2.24, 2.45) is 0 Å². The molecule has 3 heteroatoms. The van der Waals surface area contributed by atoms with Gasteiger partial charge in [0.15, 0.2) is 5.82 Å². The SMILES string of the molecule is CCc1cnc(-c2ccc(C(C)(C)C)cc2)nc1N. The van der Waals surface area contributed by atoms with Gasteiger partial charge >= 0.3 is 0 Å². The first-order valence-corrected chi connectivity index (χ1v) is 6.64. The van der Waals surface area contributed by atoms with Crippen LogP contribution in [0.4, 0.5) is 5.82 Å². The molecule has 0 spiro atoms. The van der Waals surface area contributed by atoms with Crippen molar-refractivity contribution in [3.8, 4) is 11.4 Å². The molecular weight excluding hydrogens is 234 g/mol. The van der Waals surface area contributed by atoms with Gasteiger partial charge in [-0.1, -0.05) is 52.0 Å². The molecular formula is C16H21N3. The van der Waals surface area contributed by atoms with Crippen molar-refractivity contribution in [3.05, 3.63) is 41.6 Å². The third-order valence-electron chi connectivity index (χ3n) is 3.29. The Kier molecular flexibility index (Phi) is 3.56. The maximum atomic E-state index is 5.92. The number of nitrogens with two attached hydrogens (primary N) is 1. The van der Waals surface area contributed by atoms with E-state index in [2.05, 4.69) is 55.0 Å². The number of nitrogen functional groups attached to an aromatic ring is 1. The summed E-state index contributed by atoms with van der Waals surface area (Å²) in [5.74, 6) is 1.27. The van der Waals surface area contributed by atoms with Crippen molar-refractivity contribution >= 4 is 5.82 Å². The molecule has 0 aliphatic rings. The van der Waals surface area contributed by atoms with Crippen molar-refractivity contribution < 1.29 is 0 Å². The Bertz CT molecular complexity index is 566. The van der Waals surface area contributed by atoms with Gasteiger partial charge in [-0.15, -0.1) is 0 Å². The molecule has 0 saturated carbocycles. The van der Waals surface area contributed by atoms with Gasteiger partial charge in [0.1, 0.15) is 5.82 Å². The molecule has 0 bridgehead atoms. The molecule has 0 aliphatic carbocycles. The number of rotatable bonds is 2. The fourth-order valence-electron chi connectivity index (χ4n) is 1.95. The Morgan fingerprint density at radius 3 is 2.21 bits per heavy atom. The lowest BCUT2D eigenvalue weighted by atomic mass is 9.87. The first-order chi connectivity index (χ1) is 8.91.